The van der Waals surface area contributed by atoms with Crippen molar-refractivity contribution in [2.45, 2.75) is 32.3 Å². The lowest BCUT2D eigenvalue weighted by Crippen LogP contribution is -2.21. The summed E-state index contributed by atoms with van der Waals surface area (Å²) in [4.78, 5) is 26.9. The lowest BCUT2D eigenvalue weighted by Gasteiger charge is -2.11. The Bertz CT molecular complexity index is 1240. The highest BCUT2D eigenvalue weighted by atomic mass is 32.2. The molecule has 1 amide bonds. The van der Waals surface area contributed by atoms with Gasteiger partial charge >= 0.3 is 0 Å². The second-order valence-corrected chi connectivity index (χ2v) is 7.45. The van der Waals surface area contributed by atoms with Crippen LogP contribution in [0.4, 0.5) is 5.69 Å². The van der Waals surface area contributed by atoms with Gasteiger partial charge in [0.05, 0.1) is 28.2 Å². The van der Waals surface area contributed by atoms with Gasteiger partial charge in [-0.3, -0.25) is 18.5 Å². The van der Waals surface area contributed by atoms with Crippen molar-refractivity contribution < 1.29 is 22.9 Å². The van der Waals surface area contributed by atoms with E-state index in [1.165, 1.54) is 17.4 Å². The van der Waals surface area contributed by atoms with E-state index in [0.717, 1.165) is 6.07 Å². The van der Waals surface area contributed by atoms with Crippen LogP contribution in [0.3, 0.4) is 0 Å². The zero-order valence-electron chi connectivity index (χ0n) is 14.2. The number of carbonyl (C=O) groups excluding carboxylic acids is 1. The third-order valence-electron chi connectivity index (χ3n) is 4.33. The van der Waals surface area contributed by atoms with Crippen molar-refractivity contribution in [2.75, 3.05) is 5.32 Å². The second-order valence-electron chi connectivity index (χ2n) is 6.03. The first-order valence-corrected chi connectivity index (χ1v) is 9.06. The summed E-state index contributed by atoms with van der Waals surface area (Å²) in [6.45, 7) is 4.07. The van der Waals surface area contributed by atoms with E-state index in [1.54, 1.807) is 13.8 Å². The van der Waals surface area contributed by atoms with E-state index in [4.69, 9.17) is 0 Å². The molecule has 0 aliphatic heterocycles. The Morgan fingerprint density at radius 3 is 2.46 bits per heavy atom. The molecule has 138 valence electrons. The van der Waals surface area contributed by atoms with E-state index in [1.807, 2.05) is 0 Å². The maximum Gasteiger partial charge on any atom is 0.294 e. The maximum absolute atomic E-state index is 12.8. The number of nitrogens with zero attached hydrogens (tertiary/aromatic N) is 1. The van der Waals surface area contributed by atoms with Crippen molar-refractivity contribution >= 4 is 38.4 Å². The van der Waals surface area contributed by atoms with Crippen LogP contribution in [0, 0.1) is 13.8 Å². The van der Waals surface area contributed by atoms with Gasteiger partial charge in [-0.25, -0.2) is 0 Å². The summed E-state index contributed by atoms with van der Waals surface area (Å²) in [7, 11) is -4.51. The summed E-state index contributed by atoms with van der Waals surface area (Å²) in [6.07, 6.45) is 0. The minimum absolute atomic E-state index is 0.139. The number of imidazole rings is 1. The van der Waals surface area contributed by atoms with Crippen molar-refractivity contribution in [2.24, 2.45) is 0 Å². The molecule has 0 unspecified atom stereocenters. The minimum atomic E-state index is -4.51. The zero-order chi connectivity index (χ0) is 19.4. The number of carbonyl (C=O) groups is 1. The van der Waals surface area contributed by atoms with Crippen LogP contribution in [-0.4, -0.2) is 33.4 Å². The number of amides is 1. The largest absolute Gasteiger partial charge is 0.392 e. The average Bonchev–Trinajstić information content (AvgIpc) is 2.94. The number of H-pyrrole nitrogens is 1. The van der Waals surface area contributed by atoms with Crippen LogP contribution in [0.15, 0.2) is 21.8 Å². The van der Waals surface area contributed by atoms with Gasteiger partial charge in [-0.05, 0) is 31.5 Å². The summed E-state index contributed by atoms with van der Waals surface area (Å²) in [6, 6.07) is 2.27. The number of pyridine rings is 1. The molecule has 1 aromatic carbocycles. The normalized spacial score (nSPS) is 12.0. The molecule has 10 heteroatoms. The maximum atomic E-state index is 12.8. The average molecular weight is 379 g/mol. The van der Waals surface area contributed by atoms with Gasteiger partial charge in [0, 0.05) is 18.1 Å². The lowest BCUT2D eigenvalue weighted by molar-refractivity contribution is -0.114. The lowest BCUT2D eigenvalue weighted by atomic mass is 10.1. The topological polar surface area (TPSA) is 141 Å². The molecular formula is C16H17N3O6S. The van der Waals surface area contributed by atoms with Crippen LogP contribution >= 0.6 is 0 Å². The fourth-order valence-electron chi connectivity index (χ4n) is 2.99. The minimum Gasteiger partial charge on any atom is -0.392 e. The van der Waals surface area contributed by atoms with Crippen LogP contribution in [-0.2, 0) is 21.5 Å². The fourth-order valence-corrected chi connectivity index (χ4v) is 3.55. The first kappa shape index (κ1) is 18.1. The van der Waals surface area contributed by atoms with Gasteiger partial charge in [0.15, 0.2) is 0 Å². The first-order valence-electron chi connectivity index (χ1n) is 7.62. The molecule has 9 nitrogen and oxygen atoms in total. The van der Waals surface area contributed by atoms with E-state index >= 15 is 0 Å². The summed E-state index contributed by atoms with van der Waals surface area (Å²) >= 11 is 0. The molecule has 0 spiro atoms. The predicted octanol–water partition coefficient (Wildman–Crippen LogP) is 1.10. The highest BCUT2D eigenvalue weighted by molar-refractivity contribution is 7.85. The van der Waals surface area contributed by atoms with Crippen molar-refractivity contribution in [3.05, 3.63) is 39.2 Å². The fraction of sp³-hybridized carbons (Fsp3) is 0.250. The second kappa shape index (κ2) is 5.94. The number of aliphatic hydroxyl groups excluding tert-OH is 1. The quantitative estimate of drug-likeness (QED) is 0.502. The molecule has 2 heterocycles. The number of hydrogen-bond acceptors (Lipinski definition) is 5. The standard InChI is InChI=1S/C16H17N3O6S/c1-7-8(2)16(22)19-14-10(6-20)4-11(26(23,24)25)5-12(14)18-15(19)13(7)17-9(3)21/h4-5,18,20H,6H2,1-3H3,(H,17,21)(H,23,24,25). The van der Waals surface area contributed by atoms with Crippen LogP contribution in [0.5, 0.6) is 0 Å². The number of fused-ring (bicyclic) bond motifs is 3. The Labute approximate surface area is 148 Å². The van der Waals surface area contributed by atoms with Gasteiger partial charge in [-0.15, -0.1) is 0 Å². The van der Waals surface area contributed by atoms with Crippen molar-refractivity contribution in [1.82, 2.24) is 9.38 Å². The zero-order valence-corrected chi connectivity index (χ0v) is 15.1. The van der Waals surface area contributed by atoms with Crippen molar-refractivity contribution in [1.29, 1.82) is 0 Å². The molecule has 0 bridgehead atoms. The Kier molecular flexibility index (Phi) is 4.14. The number of hydrogen-bond donors (Lipinski definition) is 4. The van der Waals surface area contributed by atoms with E-state index < -0.39 is 21.6 Å². The Morgan fingerprint density at radius 2 is 1.92 bits per heavy atom. The highest BCUT2D eigenvalue weighted by Gasteiger charge is 2.21. The molecule has 0 saturated carbocycles. The number of rotatable bonds is 3. The van der Waals surface area contributed by atoms with E-state index in [2.05, 4.69) is 10.3 Å². The number of aromatic nitrogens is 2. The molecule has 26 heavy (non-hydrogen) atoms. The van der Waals surface area contributed by atoms with Crippen LogP contribution in [0.2, 0.25) is 0 Å². The number of aliphatic hydroxyl groups is 1. The molecule has 0 aliphatic rings. The first-order chi connectivity index (χ1) is 12.1. The molecule has 0 fully saturated rings. The Morgan fingerprint density at radius 1 is 1.27 bits per heavy atom. The third kappa shape index (κ3) is 2.68. The number of aromatic amines is 1. The van der Waals surface area contributed by atoms with Gasteiger partial charge in [-0.1, -0.05) is 0 Å². The van der Waals surface area contributed by atoms with Gasteiger partial charge in [0.2, 0.25) is 5.91 Å². The third-order valence-corrected chi connectivity index (χ3v) is 5.16. The molecule has 0 aliphatic carbocycles. The van der Waals surface area contributed by atoms with Crippen LogP contribution in [0.1, 0.15) is 23.6 Å². The molecule has 0 saturated heterocycles. The number of benzene rings is 1. The van der Waals surface area contributed by atoms with Crippen molar-refractivity contribution in [3.8, 4) is 0 Å². The van der Waals surface area contributed by atoms with Crippen molar-refractivity contribution in [3.63, 3.8) is 0 Å². The van der Waals surface area contributed by atoms with E-state index in [-0.39, 0.29) is 33.7 Å². The van der Waals surface area contributed by atoms with Gasteiger partial charge in [-0.2, -0.15) is 8.42 Å². The Balaban J connectivity index is 2.59. The SMILES string of the molecule is CC(=O)Nc1c(C)c(C)c(=O)n2c1[nH]c1cc(S(=O)(=O)O)cc(CO)c12. The molecule has 0 radical (unpaired) electrons. The van der Waals surface area contributed by atoms with Crippen LogP contribution < -0.4 is 10.9 Å². The molecular weight excluding hydrogens is 362 g/mol. The molecule has 3 aromatic rings. The Hall–Kier alpha value is -2.69. The monoisotopic (exact) mass is 379 g/mol. The van der Waals surface area contributed by atoms with Gasteiger partial charge in [0.25, 0.3) is 15.7 Å². The smallest absolute Gasteiger partial charge is 0.294 e. The summed E-state index contributed by atoms with van der Waals surface area (Å²) in [5, 5.41) is 12.3. The predicted molar refractivity (Wildman–Crippen MR) is 95.0 cm³/mol. The van der Waals surface area contributed by atoms with E-state index in [9.17, 15) is 27.7 Å². The van der Waals surface area contributed by atoms with Gasteiger partial charge in [0.1, 0.15) is 5.65 Å². The van der Waals surface area contributed by atoms with E-state index in [0.29, 0.717) is 16.8 Å². The number of nitrogens with one attached hydrogen (secondary N) is 2. The van der Waals surface area contributed by atoms with Gasteiger partial charge < -0.3 is 15.4 Å². The summed E-state index contributed by atoms with van der Waals surface area (Å²) in [5.41, 5.74) is 1.86. The summed E-state index contributed by atoms with van der Waals surface area (Å²) < 4.78 is 33.6. The number of anilines is 1. The molecule has 2 aromatic heterocycles. The van der Waals surface area contributed by atoms with Crippen LogP contribution in [0.25, 0.3) is 16.7 Å². The summed E-state index contributed by atoms with van der Waals surface area (Å²) in [5.74, 6) is -0.340. The molecule has 4 N–H and O–H groups in total. The molecule has 0 atom stereocenters. The highest BCUT2D eigenvalue weighted by Crippen LogP contribution is 2.29. The molecule has 3 rings (SSSR count).